The lowest BCUT2D eigenvalue weighted by Crippen LogP contribution is -2.47. The molecule has 0 radical (unpaired) electrons. The Balaban J connectivity index is 1.86. The highest BCUT2D eigenvalue weighted by atomic mass is 31.2. The lowest BCUT2D eigenvalue weighted by Gasteiger charge is -2.27. The Morgan fingerprint density at radius 3 is 2.58 bits per heavy atom. The molecule has 1 aromatic carbocycles. The molecular formula is C22H30N3O10P. The highest BCUT2D eigenvalue weighted by Crippen LogP contribution is 2.46. The van der Waals surface area contributed by atoms with E-state index in [-0.39, 0.29) is 5.75 Å². The fourth-order valence-corrected chi connectivity index (χ4v) is 4.78. The van der Waals surface area contributed by atoms with Crippen molar-refractivity contribution in [3.05, 3.63) is 63.4 Å². The molecule has 4 N–H and O–H groups in total. The van der Waals surface area contributed by atoms with Gasteiger partial charge in [0.1, 0.15) is 29.6 Å². The predicted molar refractivity (Wildman–Crippen MR) is 126 cm³/mol. The van der Waals surface area contributed by atoms with Crippen molar-refractivity contribution < 1.29 is 39.5 Å². The van der Waals surface area contributed by atoms with Gasteiger partial charge in [0.25, 0.3) is 5.56 Å². The molecule has 198 valence electrons. The number of aromatic amines is 1. The van der Waals surface area contributed by atoms with E-state index in [4.69, 9.17) is 19.9 Å². The summed E-state index contributed by atoms with van der Waals surface area (Å²) in [6.07, 6.45) is -4.36. The van der Waals surface area contributed by atoms with Crippen molar-refractivity contribution in [2.75, 3.05) is 6.58 Å². The third kappa shape index (κ3) is 6.49. The molecule has 0 saturated carbocycles. The molecule has 7 atom stereocenters. The third-order valence-corrected chi connectivity index (χ3v) is 6.71. The average molecular weight is 528 g/mol. The summed E-state index contributed by atoms with van der Waals surface area (Å²) in [5.41, 5.74) is -3.74. The quantitative estimate of drug-likeness (QED) is 0.252. The van der Waals surface area contributed by atoms with Gasteiger partial charge in [0.2, 0.25) is 0 Å². The van der Waals surface area contributed by atoms with Gasteiger partial charge in [-0.15, -0.1) is 0 Å². The molecule has 14 heteroatoms. The Bertz CT molecular complexity index is 1250. The largest absolute Gasteiger partial charge is 0.462 e. The van der Waals surface area contributed by atoms with Crippen molar-refractivity contribution in [3.8, 4) is 5.75 Å². The van der Waals surface area contributed by atoms with E-state index in [1.165, 1.54) is 19.1 Å². The van der Waals surface area contributed by atoms with E-state index < -0.39 is 67.7 Å². The van der Waals surface area contributed by atoms with Crippen molar-refractivity contribution in [1.82, 2.24) is 14.6 Å². The standard InChI is InChI=1S/C22H30N3O10P/c1-13(2)33-19(28)14(3)24-36(31,35-15-8-6-5-7-9-15)32-12-16-18(27)22(4,30)20(34-16)25-11-10-17(26)23-21(25)29/h5-11,13-14,16,18,20,27,30H,12H2,1-4H3,(H,24,31)(H,23,26,29)/t14-,16+,18+,20+,22+,36?/m0/s1/i12D/t12-,14-,16+,18+,20+,22+,36?. The van der Waals surface area contributed by atoms with Crippen molar-refractivity contribution >= 4 is 13.7 Å². The highest BCUT2D eigenvalue weighted by Gasteiger charge is 2.54. The SMILES string of the molecule is [2H][C@H](OP(=O)(N[C@@H](C)C(=O)OC(C)C)Oc1ccccc1)[C@H]1O[C@@H](n2ccc(=O)[nH]c2=O)[C@](C)(O)[C@@H]1O. The fourth-order valence-electron chi connectivity index (χ4n) is 3.37. The van der Waals surface area contributed by atoms with Crippen LogP contribution in [0.15, 0.2) is 52.2 Å². The zero-order chi connectivity index (χ0) is 27.5. The number of hydrogen-bond acceptors (Lipinski definition) is 10. The van der Waals surface area contributed by atoms with Crippen molar-refractivity contribution in [2.24, 2.45) is 0 Å². The number of H-pyrrole nitrogens is 1. The number of esters is 1. The molecule has 0 amide bonds. The number of rotatable bonds is 10. The second kappa shape index (κ2) is 11.1. The molecule has 13 nitrogen and oxygen atoms in total. The van der Waals surface area contributed by atoms with Crippen LogP contribution in [0.1, 0.15) is 35.3 Å². The minimum atomic E-state index is -4.51. The number of carbonyl (C=O) groups is 1. The van der Waals surface area contributed by atoms with Crippen LogP contribution >= 0.6 is 7.75 Å². The van der Waals surface area contributed by atoms with Crippen LogP contribution in [0.25, 0.3) is 0 Å². The number of ether oxygens (including phenoxy) is 2. The molecule has 1 aromatic heterocycles. The summed E-state index contributed by atoms with van der Waals surface area (Å²) in [5, 5.41) is 24.0. The van der Waals surface area contributed by atoms with Crippen LogP contribution in [0, 0.1) is 0 Å². The Hall–Kier alpha value is -2.80. The molecule has 1 fully saturated rings. The second-order valence-corrected chi connectivity index (χ2v) is 10.3. The first-order valence-electron chi connectivity index (χ1n) is 11.6. The molecule has 0 bridgehead atoms. The smallest absolute Gasteiger partial charge is 0.459 e. The number of para-hydroxylation sites is 1. The molecule has 1 unspecified atom stereocenters. The number of aliphatic hydroxyl groups is 2. The minimum Gasteiger partial charge on any atom is -0.462 e. The monoisotopic (exact) mass is 528 g/mol. The van der Waals surface area contributed by atoms with Crippen LogP contribution in [0.3, 0.4) is 0 Å². The van der Waals surface area contributed by atoms with Crippen LogP contribution in [0.2, 0.25) is 0 Å². The van der Waals surface area contributed by atoms with Gasteiger partial charge in [0.05, 0.1) is 14.1 Å². The Kier molecular flexibility index (Phi) is 8.08. The molecule has 1 aliphatic heterocycles. The molecule has 3 rings (SSSR count). The topological polar surface area (TPSA) is 178 Å². The van der Waals surface area contributed by atoms with E-state index in [0.29, 0.717) is 0 Å². The predicted octanol–water partition coefficient (Wildman–Crippen LogP) is 0.679. The summed E-state index contributed by atoms with van der Waals surface area (Å²) in [4.78, 5) is 37.9. The average Bonchev–Trinajstić information content (AvgIpc) is 3.03. The van der Waals surface area contributed by atoms with Gasteiger partial charge < -0.3 is 24.2 Å². The third-order valence-electron chi connectivity index (χ3n) is 5.16. The summed E-state index contributed by atoms with van der Waals surface area (Å²) >= 11 is 0. The first kappa shape index (κ1) is 26.3. The molecule has 2 aromatic rings. The van der Waals surface area contributed by atoms with E-state index in [1.807, 2.05) is 4.98 Å². The minimum absolute atomic E-state index is 0.0903. The van der Waals surface area contributed by atoms with E-state index in [1.54, 1.807) is 32.0 Å². The molecule has 0 aliphatic carbocycles. The maximum absolute atomic E-state index is 13.7. The van der Waals surface area contributed by atoms with E-state index in [2.05, 4.69) is 5.09 Å². The molecule has 2 heterocycles. The lowest BCUT2D eigenvalue weighted by atomic mass is 9.96. The van der Waals surface area contributed by atoms with Crippen molar-refractivity contribution in [1.29, 1.82) is 0 Å². The molecule has 1 saturated heterocycles. The van der Waals surface area contributed by atoms with Crippen molar-refractivity contribution in [2.45, 2.75) is 63.9 Å². The summed E-state index contributed by atoms with van der Waals surface area (Å²) in [6.45, 7) is 3.85. The van der Waals surface area contributed by atoms with E-state index in [0.717, 1.165) is 23.8 Å². The van der Waals surface area contributed by atoms with Crippen LogP contribution in [0.5, 0.6) is 5.75 Å². The molecule has 1 aliphatic rings. The van der Waals surface area contributed by atoms with Crippen molar-refractivity contribution in [3.63, 3.8) is 0 Å². The summed E-state index contributed by atoms with van der Waals surface area (Å²) in [6, 6.07) is 7.65. The first-order chi connectivity index (χ1) is 17.2. The summed E-state index contributed by atoms with van der Waals surface area (Å²) in [7, 11) is -4.51. The van der Waals surface area contributed by atoms with Crippen LogP contribution in [-0.4, -0.2) is 62.3 Å². The number of aliphatic hydroxyl groups excluding tert-OH is 1. The Labute approximate surface area is 208 Å². The van der Waals surface area contributed by atoms with Gasteiger partial charge in [-0.2, -0.15) is 5.09 Å². The number of nitrogens with zero attached hydrogens (tertiary/aromatic N) is 1. The maximum atomic E-state index is 13.7. The normalized spacial score (nSPS) is 27.6. The van der Waals surface area contributed by atoms with Gasteiger partial charge in [-0.3, -0.25) is 23.7 Å². The van der Waals surface area contributed by atoms with Gasteiger partial charge >= 0.3 is 19.4 Å². The zero-order valence-electron chi connectivity index (χ0n) is 21.1. The van der Waals surface area contributed by atoms with Crippen LogP contribution in [0.4, 0.5) is 0 Å². The van der Waals surface area contributed by atoms with Gasteiger partial charge in [-0.05, 0) is 39.8 Å². The highest BCUT2D eigenvalue weighted by molar-refractivity contribution is 7.52. The molecule has 36 heavy (non-hydrogen) atoms. The number of hydrogen-bond donors (Lipinski definition) is 4. The van der Waals surface area contributed by atoms with Gasteiger partial charge in [-0.1, -0.05) is 18.2 Å². The Morgan fingerprint density at radius 2 is 1.97 bits per heavy atom. The number of benzene rings is 1. The van der Waals surface area contributed by atoms with Gasteiger partial charge in [0.15, 0.2) is 6.23 Å². The van der Waals surface area contributed by atoms with E-state index in [9.17, 15) is 29.2 Å². The lowest BCUT2D eigenvalue weighted by molar-refractivity contribution is -0.149. The molecule has 0 spiro atoms. The number of nitrogens with one attached hydrogen (secondary N) is 2. The summed E-state index contributed by atoms with van der Waals surface area (Å²) < 4.78 is 44.5. The van der Waals surface area contributed by atoms with Gasteiger partial charge in [0, 0.05) is 12.3 Å². The Morgan fingerprint density at radius 1 is 1.31 bits per heavy atom. The number of carbonyl (C=O) groups excluding carboxylic acids is 1. The maximum Gasteiger partial charge on any atom is 0.459 e. The second-order valence-electron chi connectivity index (χ2n) is 8.62. The molecular weight excluding hydrogens is 497 g/mol. The van der Waals surface area contributed by atoms with Crippen LogP contribution in [-0.2, 0) is 23.4 Å². The van der Waals surface area contributed by atoms with E-state index >= 15 is 0 Å². The number of aromatic nitrogens is 2. The van der Waals surface area contributed by atoms with Gasteiger partial charge in [-0.25, -0.2) is 9.36 Å². The zero-order valence-corrected chi connectivity index (χ0v) is 21.0. The fraction of sp³-hybridized carbons (Fsp3) is 0.500. The van der Waals surface area contributed by atoms with Crippen LogP contribution < -0.4 is 20.9 Å². The summed E-state index contributed by atoms with van der Waals surface area (Å²) in [5.74, 6) is -0.665. The first-order valence-corrected chi connectivity index (χ1v) is 12.6.